The second kappa shape index (κ2) is 6.60. The van der Waals surface area contributed by atoms with Crippen LogP contribution in [0.4, 0.5) is 0 Å². The Bertz CT molecular complexity index is 956. The fourth-order valence-electron chi connectivity index (χ4n) is 3.95. The van der Waals surface area contributed by atoms with E-state index >= 15 is 0 Å². The number of halogens is 1. The van der Waals surface area contributed by atoms with Crippen molar-refractivity contribution in [3.8, 4) is 0 Å². The van der Waals surface area contributed by atoms with E-state index < -0.39 is 35.0 Å². The van der Waals surface area contributed by atoms with E-state index in [1.807, 2.05) is 4.57 Å². The molecule has 10 heteroatoms. The predicted molar refractivity (Wildman–Crippen MR) is 103 cm³/mol. The third-order valence-electron chi connectivity index (χ3n) is 5.34. The van der Waals surface area contributed by atoms with E-state index in [1.165, 1.54) is 6.33 Å². The molecule has 0 unspecified atom stereocenters. The molecule has 1 saturated heterocycles. The van der Waals surface area contributed by atoms with Gasteiger partial charge in [0.1, 0.15) is 36.3 Å². The number of carbonyl (C=O) groups excluding carboxylic acids is 1. The Morgan fingerprint density at radius 3 is 2.76 bits per heavy atom. The van der Waals surface area contributed by atoms with Crippen LogP contribution in [0.5, 0.6) is 0 Å². The Balaban J connectivity index is 1.67. The number of aromatic nitrogens is 4. The molecule has 0 spiro atoms. The van der Waals surface area contributed by atoms with Gasteiger partial charge in [0.15, 0.2) is 16.6 Å². The van der Waals surface area contributed by atoms with Gasteiger partial charge >= 0.3 is 5.97 Å². The number of rotatable bonds is 3. The highest BCUT2D eigenvalue weighted by Crippen LogP contribution is 2.49. The third-order valence-corrected chi connectivity index (χ3v) is 5.61. The molecular formula is C19H25ClN4O5. The lowest BCUT2D eigenvalue weighted by atomic mass is 9.96. The Labute approximate surface area is 173 Å². The van der Waals surface area contributed by atoms with E-state index in [0.29, 0.717) is 11.2 Å². The second-order valence-corrected chi connectivity index (χ2v) is 9.57. The van der Waals surface area contributed by atoms with Gasteiger partial charge < -0.3 is 23.9 Å². The van der Waals surface area contributed by atoms with Crippen molar-refractivity contribution < 1.29 is 24.1 Å². The molecular weight excluding hydrogens is 400 g/mol. The summed E-state index contributed by atoms with van der Waals surface area (Å²) in [7, 11) is 0. The summed E-state index contributed by atoms with van der Waals surface area (Å²) in [5.41, 5.74) is -1.08. The fourth-order valence-corrected chi connectivity index (χ4v) is 4.13. The van der Waals surface area contributed by atoms with E-state index in [1.54, 1.807) is 40.9 Å². The monoisotopic (exact) mass is 424 g/mol. The van der Waals surface area contributed by atoms with E-state index in [0.717, 1.165) is 0 Å². The number of aliphatic hydroxyl groups is 1. The smallest absolute Gasteiger partial charge is 0.311 e. The summed E-state index contributed by atoms with van der Waals surface area (Å²) >= 11 is 6.13. The van der Waals surface area contributed by atoms with Crippen LogP contribution in [0, 0.1) is 5.41 Å². The minimum atomic E-state index is -1.42. The first-order valence-electron chi connectivity index (χ1n) is 9.50. The lowest BCUT2D eigenvalue weighted by Crippen LogP contribution is -2.47. The first-order chi connectivity index (χ1) is 13.4. The van der Waals surface area contributed by atoms with Gasteiger partial charge in [-0.25, -0.2) is 15.0 Å². The Kier molecular flexibility index (Phi) is 4.65. The minimum absolute atomic E-state index is 0.192. The molecule has 0 radical (unpaired) electrons. The van der Waals surface area contributed by atoms with Crippen LogP contribution in [0.25, 0.3) is 11.2 Å². The average molecular weight is 425 g/mol. The van der Waals surface area contributed by atoms with Crippen molar-refractivity contribution in [3.63, 3.8) is 0 Å². The highest BCUT2D eigenvalue weighted by molar-refractivity contribution is 6.33. The number of esters is 1. The molecule has 0 bridgehead atoms. The molecule has 2 aliphatic rings. The number of carbonyl (C=O) groups is 1. The van der Waals surface area contributed by atoms with Gasteiger partial charge in [-0.2, -0.15) is 0 Å². The minimum Gasteiger partial charge on any atom is -0.462 e. The standard InChI is InChI=1S/C19H25ClN4O5/c1-17(2,3)16(25)27-7-19(26)6-10(12-13(19)29-18(4,5)28-12)24-9-23-11-14(20)21-8-22-15(11)24/h8-10,12-13,26H,6-7H2,1-5H3/t10-,12+,13+,19+/m1/s1. The van der Waals surface area contributed by atoms with Gasteiger partial charge in [0.2, 0.25) is 0 Å². The van der Waals surface area contributed by atoms with E-state index in [2.05, 4.69) is 15.0 Å². The van der Waals surface area contributed by atoms with Crippen molar-refractivity contribution in [2.24, 2.45) is 5.41 Å². The summed E-state index contributed by atoms with van der Waals surface area (Å²) in [4.78, 5) is 24.8. The zero-order chi connectivity index (χ0) is 21.2. The van der Waals surface area contributed by atoms with Crippen molar-refractivity contribution in [3.05, 3.63) is 17.8 Å². The van der Waals surface area contributed by atoms with Gasteiger partial charge in [0.05, 0.1) is 17.8 Å². The highest BCUT2D eigenvalue weighted by atomic mass is 35.5. The van der Waals surface area contributed by atoms with E-state index in [4.69, 9.17) is 25.8 Å². The van der Waals surface area contributed by atoms with Crippen molar-refractivity contribution in [2.75, 3.05) is 6.61 Å². The summed E-state index contributed by atoms with van der Waals surface area (Å²) < 4.78 is 19.4. The third kappa shape index (κ3) is 3.50. The van der Waals surface area contributed by atoms with Gasteiger partial charge in [-0.15, -0.1) is 0 Å². The zero-order valence-corrected chi connectivity index (χ0v) is 17.8. The molecule has 1 N–H and O–H groups in total. The fraction of sp³-hybridized carbons (Fsp3) is 0.684. The molecule has 2 aromatic heterocycles. The lowest BCUT2D eigenvalue weighted by molar-refractivity contribution is -0.194. The number of nitrogens with zero attached hydrogens (tertiary/aromatic N) is 4. The SMILES string of the molecule is CC1(C)O[C@H]2[C@H](n3cnc4c(Cl)ncnc43)C[C@](O)(COC(=O)C(C)(C)C)[C@H]2O1. The molecule has 2 fully saturated rings. The van der Waals surface area contributed by atoms with Crippen LogP contribution in [0.3, 0.4) is 0 Å². The van der Waals surface area contributed by atoms with Crippen molar-refractivity contribution in [1.29, 1.82) is 0 Å². The van der Waals surface area contributed by atoms with Crippen LogP contribution in [0.1, 0.15) is 47.1 Å². The second-order valence-electron chi connectivity index (χ2n) is 9.21. The normalized spacial score (nSPS) is 31.2. The highest BCUT2D eigenvalue weighted by Gasteiger charge is 2.62. The summed E-state index contributed by atoms with van der Waals surface area (Å²) in [6, 6.07) is -0.337. The Morgan fingerprint density at radius 2 is 2.07 bits per heavy atom. The van der Waals surface area contributed by atoms with Gasteiger partial charge in [0, 0.05) is 6.42 Å². The number of hydrogen-bond donors (Lipinski definition) is 1. The van der Waals surface area contributed by atoms with Gasteiger partial charge in [-0.1, -0.05) is 11.6 Å². The van der Waals surface area contributed by atoms with Crippen LogP contribution >= 0.6 is 11.6 Å². The maximum absolute atomic E-state index is 12.3. The van der Waals surface area contributed by atoms with Gasteiger partial charge in [0.25, 0.3) is 0 Å². The van der Waals surface area contributed by atoms with Crippen LogP contribution in [0.15, 0.2) is 12.7 Å². The quantitative estimate of drug-likeness (QED) is 0.590. The topological polar surface area (TPSA) is 109 Å². The van der Waals surface area contributed by atoms with Crippen LogP contribution in [-0.4, -0.2) is 60.8 Å². The van der Waals surface area contributed by atoms with Crippen LogP contribution < -0.4 is 0 Å². The molecule has 9 nitrogen and oxygen atoms in total. The molecule has 1 saturated carbocycles. The first-order valence-corrected chi connectivity index (χ1v) is 9.87. The number of fused-ring (bicyclic) bond motifs is 2. The Morgan fingerprint density at radius 1 is 1.34 bits per heavy atom. The van der Waals surface area contributed by atoms with Gasteiger partial charge in [-0.3, -0.25) is 4.79 Å². The summed E-state index contributed by atoms with van der Waals surface area (Å²) in [5.74, 6) is -1.28. The average Bonchev–Trinajstić information content (AvgIpc) is 3.25. The maximum Gasteiger partial charge on any atom is 0.311 e. The Hall–Kier alpha value is -1.81. The van der Waals surface area contributed by atoms with Crippen molar-refractivity contribution in [2.45, 2.75) is 70.7 Å². The maximum atomic E-state index is 12.3. The molecule has 0 amide bonds. The first kappa shape index (κ1) is 20.5. The van der Waals surface area contributed by atoms with Crippen molar-refractivity contribution in [1.82, 2.24) is 19.5 Å². The molecule has 0 aromatic carbocycles. The number of hydrogen-bond acceptors (Lipinski definition) is 8. The van der Waals surface area contributed by atoms with E-state index in [-0.39, 0.29) is 24.2 Å². The summed E-state index contributed by atoms with van der Waals surface area (Å²) in [5, 5.41) is 11.7. The zero-order valence-electron chi connectivity index (χ0n) is 17.0. The molecule has 1 aliphatic heterocycles. The van der Waals surface area contributed by atoms with E-state index in [9.17, 15) is 9.90 Å². The molecule has 1 aliphatic carbocycles. The predicted octanol–water partition coefficient (Wildman–Crippen LogP) is 2.26. The molecule has 4 rings (SSSR count). The summed E-state index contributed by atoms with van der Waals surface area (Å²) in [6.45, 7) is 8.67. The van der Waals surface area contributed by atoms with Crippen molar-refractivity contribution >= 4 is 28.7 Å². The molecule has 29 heavy (non-hydrogen) atoms. The molecule has 2 aromatic rings. The molecule has 158 valence electrons. The van der Waals surface area contributed by atoms with Crippen LogP contribution in [-0.2, 0) is 19.0 Å². The molecule has 3 heterocycles. The molecule has 4 atom stereocenters. The number of ether oxygens (including phenoxy) is 3. The summed E-state index contributed by atoms with van der Waals surface area (Å²) in [6.07, 6.45) is 2.06. The lowest BCUT2D eigenvalue weighted by Gasteiger charge is -2.30. The van der Waals surface area contributed by atoms with Crippen LogP contribution in [0.2, 0.25) is 5.15 Å². The number of imidazole rings is 1. The van der Waals surface area contributed by atoms with Gasteiger partial charge in [-0.05, 0) is 34.6 Å². The largest absolute Gasteiger partial charge is 0.462 e.